The molecule has 0 aromatic heterocycles. The lowest BCUT2D eigenvalue weighted by atomic mass is 10.0. The quantitative estimate of drug-likeness (QED) is 0.348. The van der Waals surface area contributed by atoms with Gasteiger partial charge in [0.05, 0.1) is 11.4 Å². The molecule has 0 aliphatic carbocycles. The number of rotatable bonds is 10. The van der Waals surface area contributed by atoms with Crippen LogP contribution in [0.1, 0.15) is 49.3 Å². The predicted molar refractivity (Wildman–Crippen MR) is 165 cm³/mol. The van der Waals surface area contributed by atoms with Crippen LogP contribution in [0.3, 0.4) is 0 Å². The predicted octanol–water partition coefficient (Wildman–Crippen LogP) is 5.28. The summed E-state index contributed by atoms with van der Waals surface area (Å²) in [5.41, 5.74) is 4.53. The van der Waals surface area contributed by atoms with Crippen LogP contribution < -0.4 is 10.6 Å². The Labute approximate surface area is 244 Å². The van der Waals surface area contributed by atoms with Gasteiger partial charge in [0.2, 0.25) is 11.8 Å². The number of nitrogens with zero attached hydrogens (tertiary/aromatic N) is 3. The molecule has 2 N–H and O–H groups in total. The standard InChI is InChI=1S/C32H33N5O3S/c1-21(2)23-12-14-24(15-13-23)34-29(39)20-41-32-36-26-11-7-6-10-25(26)30-35-27(31(40)37(30)32)16-17-28(38)33-19-18-22-8-4-3-5-9-22/h3-15,21,27H,16-20H2,1-2H3,(H,33,38)(H,34,39). The number of carbonyl (C=O) groups excluding carboxylic acids is 3. The van der Waals surface area contributed by atoms with Crippen molar-refractivity contribution < 1.29 is 14.4 Å². The van der Waals surface area contributed by atoms with Crippen LogP contribution in [0, 0.1) is 0 Å². The first-order valence-corrected chi connectivity index (χ1v) is 14.8. The lowest BCUT2D eigenvalue weighted by Crippen LogP contribution is -2.41. The minimum atomic E-state index is -0.685. The molecule has 5 rings (SSSR count). The molecule has 2 heterocycles. The Kier molecular flexibility index (Phi) is 8.94. The summed E-state index contributed by atoms with van der Waals surface area (Å²) in [6.45, 7) is 4.78. The second-order valence-corrected chi connectivity index (χ2v) is 11.2. The minimum absolute atomic E-state index is 0.0818. The van der Waals surface area contributed by atoms with Crippen molar-refractivity contribution in [1.29, 1.82) is 0 Å². The molecule has 0 fully saturated rings. The van der Waals surface area contributed by atoms with Gasteiger partial charge in [-0.05, 0) is 54.2 Å². The highest BCUT2D eigenvalue weighted by Gasteiger charge is 2.41. The van der Waals surface area contributed by atoms with Crippen molar-refractivity contribution in [2.75, 3.05) is 17.6 Å². The van der Waals surface area contributed by atoms with Gasteiger partial charge in [0.15, 0.2) is 5.17 Å². The Morgan fingerprint density at radius 1 is 0.951 bits per heavy atom. The van der Waals surface area contributed by atoms with Gasteiger partial charge in [-0.15, -0.1) is 0 Å². The molecular formula is C32H33N5O3S. The highest BCUT2D eigenvalue weighted by atomic mass is 32.2. The number of nitrogens with one attached hydrogen (secondary N) is 2. The van der Waals surface area contributed by atoms with Gasteiger partial charge >= 0.3 is 0 Å². The molecule has 1 unspecified atom stereocenters. The van der Waals surface area contributed by atoms with E-state index in [-0.39, 0.29) is 29.9 Å². The van der Waals surface area contributed by atoms with Gasteiger partial charge in [-0.1, -0.05) is 80.2 Å². The average molecular weight is 568 g/mol. The van der Waals surface area contributed by atoms with Crippen LogP contribution in [0.5, 0.6) is 0 Å². The topological polar surface area (TPSA) is 103 Å². The maximum atomic E-state index is 13.5. The van der Waals surface area contributed by atoms with Crippen molar-refractivity contribution >= 4 is 51.9 Å². The fourth-order valence-electron chi connectivity index (χ4n) is 4.71. The molecule has 0 saturated heterocycles. The summed E-state index contributed by atoms with van der Waals surface area (Å²) in [7, 11) is 0. The lowest BCUT2D eigenvalue weighted by molar-refractivity contribution is -0.125. The number of amidine groups is 2. The van der Waals surface area contributed by atoms with Crippen molar-refractivity contribution in [2.24, 2.45) is 9.98 Å². The first kappa shape index (κ1) is 28.3. The highest BCUT2D eigenvalue weighted by Crippen LogP contribution is 2.34. The second kappa shape index (κ2) is 13.0. The van der Waals surface area contributed by atoms with Crippen molar-refractivity contribution in [2.45, 2.75) is 45.1 Å². The number of fused-ring (bicyclic) bond motifs is 3. The third kappa shape index (κ3) is 6.92. The first-order valence-electron chi connectivity index (χ1n) is 13.8. The van der Waals surface area contributed by atoms with Crippen LogP contribution in [-0.4, -0.2) is 52.0 Å². The van der Waals surface area contributed by atoms with Crippen molar-refractivity contribution in [3.8, 4) is 0 Å². The van der Waals surface area contributed by atoms with Gasteiger partial charge in [0.25, 0.3) is 5.91 Å². The largest absolute Gasteiger partial charge is 0.356 e. The average Bonchev–Trinajstić information content (AvgIpc) is 3.32. The van der Waals surface area contributed by atoms with Crippen LogP contribution in [-0.2, 0) is 20.8 Å². The Balaban J connectivity index is 1.20. The van der Waals surface area contributed by atoms with E-state index in [0.29, 0.717) is 35.6 Å². The third-order valence-electron chi connectivity index (χ3n) is 6.96. The van der Waals surface area contributed by atoms with E-state index < -0.39 is 6.04 Å². The van der Waals surface area contributed by atoms with E-state index in [9.17, 15) is 14.4 Å². The number of hydrogen-bond acceptors (Lipinski definition) is 6. The molecule has 9 heteroatoms. The third-order valence-corrected chi connectivity index (χ3v) is 7.90. The Morgan fingerprint density at radius 3 is 2.44 bits per heavy atom. The normalized spacial score (nSPS) is 15.6. The van der Waals surface area contributed by atoms with Crippen LogP contribution >= 0.6 is 11.8 Å². The molecular weight excluding hydrogens is 534 g/mol. The van der Waals surface area contributed by atoms with E-state index in [1.807, 2.05) is 78.9 Å². The number of amides is 3. The van der Waals surface area contributed by atoms with Crippen LogP contribution in [0.2, 0.25) is 0 Å². The molecule has 3 amide bonds. The molecule has 8 nitrogen and oxygen atoms in total. The van der Waals surface area contributed by atoms with Gasteiger partial charge in [0.1, 0.15) is 11.9 Å². The van der Waals surface area contributed by atoms with Gasteiger partial charge in [-0.2, -0.15) is 0 Å². The molecule has 2 aliphatic rings. The molecule has 0 spiro atoms. The Hall–Kier alpha value is -4.24. The van der Waals surface area contributed by atoms with Crippen molar-refractivity contribution in [3.63, 3.8) is 0 Å². The lowest BCUT2D eigenvalue weighted by Gasteiger charge is -2.25. The summed E-state index contributed by atoms with van der Waals surface area (Å²) >= 11 is 1.19. The van der Waals surface area contributed by atoms with Crippen LogP contribution in [0.25, 0.3) is 0 Å². The maximum absolute atomic E-state index is 13.5. The second-order valence-electron chi connectivity index (χ2n) is 10.3. The molecule has 2 aliphatic heterocycles. The summed E-state index contributed by atoms with van der Waals surface area (Å²) in [6, 6.07) is 24.6. The zero-order valence-electron chi connectivity index (χ0n) is 23.2. The molecule has 210 valence electrons. The van der Waals surface area contributed by atoms with Gasteiger partial charge < -0.3 is 10.6 Å². The zero-order valence-corrected chi connectivity index (χ0v) is 24.0. The number of aliphatic imine (C=N–C) groups is 2. The van der Waals surface area contributed by atoms with E-state index in [1.54, 1.807) is 0 Å². The number of anilines is 1. The Bertz CT molecular complexity index is 1480. The monoisotopic (exact) mass is 567 g/mol. The van der Waals surface area contributed by atoms with Crippen molar-refractivity contribution in [1.82, 2.24) is 10.2 Å². The van der Waals surface area contributed by atoms with Crippen LogP contribution in [0.15, 0.2) is 88.8 Å². The number of hydrogen-bond donors (Lipinski definition) is 2. The molecule has 0 saturated carbocycles. The van der Waals surface area contributed by atoms with E-state index in [2.05, 4.69) is 24.5 Å². The summed E-state index contributed by atoms with van der Waals surface area (Å²) in [4.78, 5) is 49.6. The number of carbonyl (C=O) groups is 3. The van der Waals surface area contributed by atoms with E-state index in [4.69, 9.17) is 9.98 Å². The number of thioether (sulfide) groups is 1. The number of benzene rings is 3. The molecule has 1 atom stereocenters. The SMILES string of the molecule is CC(C)c1ccc(NC(=O)CSC2=Nc3ccccc3C3=NC(CCC(=O)NCCc4ccccc4)C(=O)N23)cc1. The van der Waals surface area contributed by atoms with Gasteiger partial charge in [-0.3, -0.25) is 19.4 Å². The summed E-state index contributed by atoms with van der Waals surface area (Å²) < 4.78 is 0. The van der Waals surface area contributed by atoms with Gasteiger partial charge in [-0.25, -0.2) is 9.89 Å². The van der Waals surface area contributed by atoms with Crippen molar-refractivity contribution in [3.05, 3.63) is 95.6 Å². The first-order chi connectivity index (χ1) is 19.9. The zero-order chi connectivity index (χ0) is 28.8. The van der Waals surface area contributed by atoms with E-state index >= 15 is 0 Å². The number of para-hydroxylation sites is 1. The molecule has 3 aromatic rings. The minimum Gasteiger partial charge on any atom is -0.356 e. The summed E-state index contributed by atoms with van der Waals surface area (Å²) in [5.74, 6) is 0.473. The molecule has 41 heavy (non-hydrogen) atoms. The van der Waals surface area contributed by atoms with E-state index in [1.165, 1.54) is 22.2 Å². The highest BCUT2D eigenvalue weighted by molar-refractivity contribution is 8.14. The summed E-state index contributed by atoms with van der Waals surface area (Å²) in [6.07, 6.45) is 1.23. The van der Waals surface area contributed by atoms with Gasteiger partial charge in [0, 0.05) is 24.2 Å². The fraction of sp³-hybridized carbons (Fsp3) is 0.281. The smallest absolute Gasteiger partial charge is 0.259 e. The Morgan fingerprint density at radius 2 is 1.68 bits per heavy atom. The maximum Gasteiger partial charge on any atom is 0.259 e. The summed E-state index contributed by atoms with van der Waals surface area (Å²) in [5, 5.41) is 6.26. The molecule has 3 aromatic carbocycles. The fourth-order valence-corrected chi connectivity index (χ4v) is 5.51. The molecule has 0 radical (unpaired) electrons. The van der Waals surface area contributed by atoms with Crippen LogP contribution in [0.4, 0.5) is 11.4 Å². The molecule has 0 bridgehead atoms. The van der Waals surface area contributed by atoms with E-state index in [0.717, 1.165) is 23.2 Å².